The smallest absolute Gasteiger partial charge is 0.392 e. The van der Waals surface area contributed by atoms with Gasteiger partial charge in [0.15, 0.2) is 5.82 Å². The van der Waals surface area contributed by atoms with Gasteiger partial charge in [-0.25, -0.2) is 14.4 Å². The Labute approximate surface area is 105 Å². The third kappa shape index (κ3) is 2.87. The van der Waals surface area contributed by atoms with Crippen LogP contribution in [-0.2, 0) is 12.8 Å². The predicted molar refractivity (Wildman–Crippen MR) is 58.4 cm³/mol. The first-order chi connectivity index (χ1) is 8.91. The van der Waals surface area contributed by atoms with Crippen LogP contribution in [-0.4, -0.2) is 15.1 Å². The second-order valence-electron chi connectivity index (χ2n) is 3.77. The summed E-state index contributed by atoms with van der Waals surface area (Å²) in [6.45, 7) is -0.268. The van der Waals surface area contributed by atoms with Crippen molar-refractivity contribution < 1.29 is 22.7 Å². The molecule has 100 valence electrons. The van der Waals surface area contributed by atoms with Crippen LogP contribution >= 0.6 is 0 Å². The molecule has 0 saturated heterocycles. The molecule has 0 spiro atoms. The van der Waals surface area contributed by atoms with E-state index >= 15 is 0 Å². The van der Waals surface area contributed by atoms with Gasteiger partial charge in [0, 0.05) is 18.0 Å². The van der Waals surface area contributed by atoms with Crippen molar-refractivity contribution in [3.05, 3.63) is 47.5 Å². The summed E-state index contributed by atoms with van der Waals surface area (Å²) in [5, 5.41) is 8.80. The molecule has 0 atom stereocenters. The number of rotatable bonds is 2. The standard InChI is InChI=1S/C12H8F4N2O/c13-10-3-8(12(14,15)16)1-2-9(10)11-17-4-7(6-19)5-18-11/h1-5,19H,6H2. The predicted octanol–water partition coefficient (Wildman–Crippen LogP) is 2.79. The van der Waals surface area contributed by atoms with Crippen molar-refractivity contribution in [3.8, 4) is 11.4 Å². The molecule has 0 radical (unpaired) electrons. The van der Waals surface area contributed by atoms with Crippen molar-refractivity contribution in [2.75, 3.05) is 0 Å². The minimum atomic E-state index is -4.60. The van der Waals surface area contributed by atoms with E-state index in [1.807, 2.05) is 0 Å². The molecule has 0 fully saturated rings. The number of hydrogen-bond donors (Lipinski definition) is 1. The van der Waals surface area contributed by atoms with E-state index < -0.39 is 17.6 Å². The minimum Gasteiger partial charge on any atom is -0.392 e. The Morgan fingerprint density at radius 3 is 2.21 bits per heavy atom. The number of nitrogens with zero attached hydrogens (tertiary/aromatic N) is 2. The van der Waals surface area contributed by atoms with Gasteiger partial charge in [-0.3, -0.25) is 0 Å². The van der Waals surface area contributed by atoms with Gasteiger partial charge in [0.1, 0.15) is 5.82 Å². The lowest BCUT2D eigenvalue weighted by Crippen LogP contribution is -2.06. The summed E-state index contributed by atoms with van der Waals surface area (Å²) >= 11 is 0. The Hall–Kier alpha value is -2.02. The van der Waals surface area contributed by atoms with Gasteiger partial charge in [-0.15, -0.1) is 0 Å². The molecule has 1 N–H and O–H groups in total. The summed E-state index contributed by atoms with van der Waals surface area (Å²) in [5.74, 6) is -1.09. The van der Waals surface area contributed by atoms with Crippen LogP contribution in [0.15, 0.2) is 30.6 Å². The lowest BCUT2D eigenvalue weighted by Gasteiger charge is -2.08. The van der Waals surface area contributed by atoms with E-state index in [4.69, 9.17) is 5.11 Å². The van der Waals surface area contributed by atoms with Gasteiger partial charge in [-0.05, 0) is 18.2 Å². The first kappa shape index (κ1) is 13.4. The van der Waals surface area contributed by atoms with Gasteiger partial charge in [-0.2, -0.15) is 13.2 Å². The van der Waals surface area contributed by atoms with E-state index in [1.165, 1.54) is 12.4 Å². The summed E-state index contributed by atoms with van der Waals surface area (Å²) in [5.41, 5.74) is -0.769. The Morgan fingerprint density at radius 2 is 1.74 bits per heavy atom. The van der Waals surface area contributed by atoms with Crippen LogP contribution in [0.2, 0.25) is 0 Å². The first-order valence-corrected chi connectivity index (χ1v) is 5.20. The summed E-state index contributed by atoms with van der Waals surface area (Å²) in [6.07, 6.45) is -2.04. The van der Waals surface area contributed by atoms with Gasteiger partial charge in [0.2, 0.25) is 0 Å². The van der Waals surface area contributed by atoms with Crippen molar-refractivity contribution in [2.24, 2.45) is 0 Å². The molecule has 0 saturated carbocycles. The summed E-state index contributed by atoms with van der Waals surface area (Å²) in [4.78, 5) is 7.56. The Morgan fingerprint density at radius 1 is 1.11 bits per heavy atom. The highest BCUT2D eigenvalue weighted by Gasteiger charge is 2.31. The zero-order valence-electron chi connectivity index (χ0n) is 9.45. The van der Waals surface area contributed by atoms with E-state index in [-0.39, 0.29) is 18.0 Å². The molecule has 0 aliphatic rings. The zero-order valence-corrected chi connectivity index (χ0v) is 9.45. The van der Waals surface area contributed by atoms with Crippen LogP contribution in [0.4, 0.5) is 17.6 Å². The fourth-order valence-electron chi connectivity index (χ4n) is 1.45. The lowest BCUT2D eigenvalue weighted by molar-refractivity contribution is -0.137. The number of aromatic nitrogens is 2. The molecule has 1 aromatic carbocycles. The number of benzene rings is 1. The van der Waals surface area contributed by atoms with Gasteiger partial charge < -0.3 is 5.11 Å². The molecule has 7 heteroatoms. The highest BCUT2D eigenvalue weighted by molar-refractivity contribution is 5.56. The molecule has 0 aliphatic carbocycles. The van der Waals surface area contributed by atoms with E-state index in [0.717, 1.165) is 12.1 Å². The Kier molecular flexibility index (Phi) is 3.48. The van der Waals surface area contributed by atoms with Crippen molar-refractivity contribution in [3.63, 3.8) is 0 Å². The maximum absolute atomic E-state index is 13.6. The highest BCUT2D eigenvalue weighted by atomic mass is 19.4. The topological polar surface area (TPSA) is 46.0 Å². The monoisotopic (exact) mass is 272 g/mol. The molecular formula is C12H8F4N2O. The molecular weight excluding hydrogens is 264 g/mol. The van der Waals surface area contributed by atoms with E-state index in [9.17, 15) is 17.6 Å². The van der Waals surface area contributed by atoms with Gasteiger partial charge in [0.25, 0.3) is 0 Å². The third-order valence-corrected chi connectivity index (χ3v) is 2.43. The summed E-state index contributed by atoms with van der Waals surface area (Å²) in [6, 6.07) is 2.15. The Balaban J connectivity index is 2.40. The van der Waals surface area contributed by atoms with Crippen LogP contribution < -0.4 is 0 Å². The van der Waals surface area contributed by atoms with Crippen molar-refractivity contribution in [2.45, 2.75) is 12.8 Å². The molecule has 1 aromatic heterocycles. The first-order valence-electron chi connectivity index (χ1n) is 5.20. The molecule has 0 aliphatic heterocycles. The summed E-state index contributed by atoms with van der Waals surface area (Å²) in [7, 11) is 0. The average molecular weight is 272 g/mol. The SMILES string of the molecule is OCc1cnc(-c2ccc(C(F)(F)F)cc2F)nc1. The van der Waals surface area contributed by atoms with Gasteiger partial charge >= 0.3 is 6.18 Å². The Bertz CT molecular complexity index is 581. The minimum absolute atomic E-state index is 0.0385. The molecule has 1 heterocycles. The fraction of sp³-hybridized carbons (Fsp3) is 0.167. The van der Waals surface area contributed by atoms with Crippen LogP contribution in [0, 0.1) is 5.82 Å². The fourth-order valence-corrected chi connectivity index (χ4v) is 1.45. The number of halogens is 4. The molecule has 0 bridgehead atoms. The van der Waals surface area contributed by atoms with Crippen molar-refractivity contribution >= 4 is 0 Å². The lowest BCUT2D eigenvalue weighted by atomic mass is 10.1. The highest BCUT2D eigenvalue weighted by Crippen LogP contribution is 2.31. The number of hydrogen-bond acceptors (Lipinski definition) is 3. The molecule has 2 rings (SSSR count). The maximum atomic E-state index is 13.6. The average Bonchev–Trinajstić information content (AvgIpc) is 2.38. The molecule has 3 nitrogen and oxygen atoms in total. The van der Waals surface area contributed by atoms with E-state index in [1.54, 1.807) is 0 Å². The van der Waals surface area contributed by atoms with Crippen LogP contribution in [0.1, 0.15) is 11.1 Å². The molecule has 0 unspecified atom stereocenters. The van der Waals surface area contributed by atoms with Crippen LogP contribution in [0.5, 0.6) is 0 Å². The van der Waals surface area contributed by atoms with Gasteiger partial charge in [-0.1, -0.05) is 0 Å². The summed E-state index contributed by atoms with van der Waals surface area (Å²) < 4.78 is 50.7. The normalized spacial score (nSPS) is 11.6. The van der Waals surface area contributed by atoms with Crippen LogP contribution in [0.3, 0.4) is 0 Å². The zero-order chi connectivity index (χ0) is 14.0. The second kappa shape index (κ2) is 4.93. The third-order valence-electron chi connectivity index (χ3n) is 2.43. The number of alkyl halides is 3. The van der Waals surface area contributed by atoms with Crippen molar-refractivity contribution in [1.82, 2.24) is 9.97 Å². The largest absolute Gasteiger partial charge is 0.416 e. The van der Waals surface area contributed by atoms with E-state index in [0.29, 0.717) is 11.6 Å². The van der Waals surface area contributed by atoms with E-state index in [2.05, 4.69) is 9.97 Å². The van der Waals surface area contributed by atoms with Crippen molar-refractivity contribution in [1.29, 1.82) is 0 Å². The van der Waals surface area contributed by atoms with Gasteiger partial charge in [0.05, 0.1) is 17.7 Å². The number of aliphatic hydroxyl groups excluding tert-OH is 1. The van der Waals surface area contributed by atoms with Crippen LogP contribution in [0.25, 0.3) is 11.4 Å². The quantitative estimate of drug-likeness (QED) is 0.855. The maximum Gasteiger partial charge on any atom is 0.416 e. The molecule has 2 aromatic rings. The molecule has 0 amide bonds. The molecule has 19 heavy (non-hydrogen) atoms. The number of aliphatic hydroxyl groups is 1. The second-order valence-corrected chi connectivity index (χ2v) is 3.77.